The van der Waals surface area contributed by atoms with Crippen LogP contribution in [-0.2, 0) is 12.4 Å². The Hall–Kier alpha value is -3.03. The molecular formula is C19H8F6O2. The smallest absolute Gasteiger partial charge is 0.420 e. The van der Waals surface area contributed by atoms with Gasteiger partial charge in [0.2, 0.25) is 5.43 Å². The zero-order valence-corrected chi connectivity index (χ0v) is 13.2. The molecule has 3 aromatic carbocycles. The quantitative estimate of drug-likeness (QED) is 0.270. The molecule has 0 bridgehead atoms. The van der Waals surface area contributed by atoms with Crippen molar-refractivity contribution >= 4 is 32.7 Å². The van der Waals surface area contributed by atoms with Crippen LogP contribution in [0.1, 0.15) is 11.1 Å². The van der Waals surface area contributed by atoms with Crippen molar-refractivity contribution in [1.29, 1.82) is 0 Å². The first kappa shape index (κ1) is 17.4. The lowest BCUT2D eigenvalue weighted by Gasteiger charge is -2.12. The van der Waals surface area contributed by atoms with E-state index in [1.54, 1.807) is 0 Å². The maximum Gasteiger partial charge on any atom is 0.420 e. The third-order valence-corrected chi connectivity index (χ3v) is 4.31. The van der Waals surface area contributed by atoms with E-state index in [1.165, 1.54) is 12.1 Å². The molecule has 0 fully saturated rings. The summed E-state index contributed by atoms with van der Waals surface area (Å²) in [6.45, 7) is 0. The summed E-state index contributed by atoms with van der Waals surface area (Å²) in [5.41, 5.74) is -3.74. The molecule has 0 amide bonds. The fourth-order valence-electron chi connectivity index (χ4n) is 3.12. The van der Waals surface area contributed by atoms with Gasteiger partial charge in [-0.1, -0.05) is 18.2 Å². The molecule has 0 aliphatic rings. The van der Waals surface area contributed by atoms with Crippen molar-refractivity contribution in [2.45, 2.75) is 12.4 Å². The molecule has 0 aliphatic heterocycles. The number of para-hydroxylation sites is 1. The van der Waals surface area contributed by atoms with Crippen LogP contribution in [0.5, 0.6) is 0 Å². The second-order valence-corrected chi connectivity index (χ2v) is 5.98. The largest absolute Gasteiger partial charge is 0.455 e. The Morgan fingerprint density at radius 1 is 0.704 bits per heavy atom. The summed E-state index contributed by atoms with van der Waals surface area (Å²) in [4.78, 5) is 12.7. The van der Waals surface area contributed by atoms with E-state index < -0.39 is 34.5 Å². The first-order chi connectivity index (χ1) is 12.6. The van der Waals surface area contributed by atoms with E-state index >= 15 is 0 Å². The molecule has 0 aliphatic carbocycles. The molecule has 0 saturated carbocycles. The van der Waals surface area contributed by atoms with Crippen LogP contribution in [0.2, 0.25) is 0 Å². The standard InChI is InChI=1S/C19H8F6O2/c20-18(21,22)13-5-1-3-9-7-15-12(8-11(9)13)16(26)10-4-2-6-14(17(10)27-15)19(23,24)25/h1-8H. The van der Waals surface area contributed by atoms with Crippen molar-refractivity contribution in [2.75, 3.05) is 0 Å². The Morgan fingerprint density at radius 3 is 2.00 bits per heavy atom. The highest BCUT2D eigenvalue weighted by Gasteiger charge is 2.35. The molecule has 27 heavy (non-hydrogen) atoms. The van der Waals surface area contributed by atoms with Crippen LogP contribution in [0.25, 0.3) is 32.7 Å². The second-order valence-electron chi connectivity index (χ2n) is 5.98. The maximum atomic E-state index is 13.2. The molecule has 0 N–H and O–H groups in total. The summed E-state index contributed by atoms with van der Waals surface area (Å²) in [6.07, 6.45) is -9.39. The minimum atomic E-state index is -4.75. The molecule has 2 nitrogen and oxygen atoms in total. The Bertz CT molecular complexity index is 1270. The summed E-state index contributed by atoms with van der Waals surface area (Å²) in [5.74, 6) is 0. The second kappa shape index (κ2) is 5.48. The lowest BCUT2D eigenvalue weighted by Crippen LogP contribution is -2.10. The topological polar surface area (TPSA) is 30.2 Å². The first-order valence-electron chi connectivity index (χ1n) is 7.64. The van der Waals surface area contributed by atoms with Crippen LogP contribution in [0.15, 0.2) is 57.7 Å². The average molecular weight is 382 g/mol. The Morgan fingerprint density at radius 2 is 1.33 bits per heavy atom. The number of alkyl halides is 6. The van der Waals surface area contributed by atoms with Gasteiger partial charge in [-0.25, -0.2) is 0 Å². The SMILES string of the molecule is O=c1c2cc3c(C(F)(F)F)cccc3cc2oc2c(C(F)(F)F)cccc12. The molecule has 4 aromatic rings. The maximum absolute atomic E-state index is 13.2. The minimum Gasteiger partial charge on any atom is -0.455 e. The van der Waals surface area contributed by atoms with Gasteiger partial charge in [0.05, 0.1) is 21.9 Å². The van der Waals surface area contributed by atoms with Gasteiger partial charge in [-0.3, -0.25) is 4.79 Å². The molecule has 0 atom stereocenters. The van der Waals surface area contributed by atoms with Crippen molar-refractivity contribution in [3.05, 3.63) is 69.9 Å². The van der Waals surface area contributed by atoms with Gasteiger partial charge in [-0.15, -0.1) is 0 Å². The van der Waals surface area contributed by atoms with Crippen LogP contribution >= 0.6 is 0 Å². The fraction of sp³-hybridized carbons (Fsp3) is 0.105. The van der Waals surface area contributed by atoms with Crippen LogP contribution in [0, 0.1) is 0 Å². The summed E-state index contributed by atoms with van der Waals surface area (Å²) >= 11 is 0. The van der Waals surface area contributed by atoms with Crippen molar-refractivity contribution < 1.29 is 30.8 Å². The molecule has 0 unspecified atom stereocenters. The van der Waals surface area contributed by atoms with Crippen molar-refractivity contribution in [2.24, 2.45) is 0 Å². The Balaban J connectivity index is 2.18. The number of rotatable bonds is 0. The van der Waals surface area contributed by atoms with Crippen molar-refractivity contribution in [1.82, 2.24) is 0 Å². The number of fused-ring (bicyclic) bond motifs is 3. The average Bonchev–Trinajstić information content (AvgIpc) is 2.58. The molecule has 8 heteroatoms. The van der Waals surface area contributed by atoms with E-state index in [0.29, 0.717) is 0 Å². The van der Waals surface area contributed by atoms with E-state index in [2.05, 4.69) is 0 Å². The lowest BCUT2D eigenvalue weighted by atomic mass is 10.0. The summed E-state index contributed by atoms with van der Waals surface area (Å²) in [6, 6.07) is 8.55. The highest BCUT2D eigenvalue weighted by Crippen LogP contribution is 2.38. The van der Waals surface area contributed by atoms with Crippen LogP contribution in [-0.4, -0.2) is 0 Å². The summed E-state index contributed by atoms with van der Waals surface area (Å²) in [7, 11) is 0. The van der Waals surface area contributed by atoms with E-state index in [-0.39, 0.29) is 27.1 Å². The zero-order chi connectivity index (χ0) is 19.6. The fourth-order valence-corrected chi connectivity index (χ4v) is 3.12. The normalized spacial score (nSPS) is 13.0. The molecule has 0 spiro atoms. The molecule has 138 valence electrons. The molecule has 0 saturated heterocycles. The van der Waals surface area contributed by atoms with Gasteiger partial charge >= 0.3 is 12.4 Å². The third kappa shape index (κ3) is 2.72. The van der Waals surface area contributed by atoms with E-state index in [1.807, 2.05) is 0 Å². The van der Waals surface area contributed by atoms with Crippen molar-refractivity contribution in [3.63, 3.8) is 0 Å². The van der Waals surface area contributed by atoms with Crippen molar-refractivity contribution in [3.8, 4) is 0 Å². The molecule has 1 heterocycles. The minimum absolute atomic E-state index is 0.101. The summed E-state index contributed by atoms with van der Waals surface area (Å²) in [5, 5.41) is -0.687. The van der Waals surface area contributed by atoms with Crippen LogP contribution in [0.4, 0.5) is 26.3 Å². The number of hydrogen-bond acceptors (Lipinski definition) is 2. The lowest BCUT2D eigenvalue weighted by molar-refractivity contribution is -0.137. The van der Waals surface area contributed by atoms with E-state index in [4.69, 9.17) is 4.42 Å². The molecular weight excluding hydrogens is 374 g/mol. The Kier molecular flexibility index (Phi) is 3.53. The monoisotopic (exact) mass is 382 g/mol. The van der Waals surface area contributed by atoms with Gasteiger partial charge < -0.3 is 4.42 Å². The molecule has 0 radical (unpaired) electrons. The van der Waals surface area contributed by atoms with Gasteiger partial charge in [0.1, 0.15) is 5.58 Å². The number of halogens is 6. The number of benzene rings is 3. The van der Waals surface area contributed by atoms with Gasteiger partial charge in [0, 0.05) is 0 Å². The summed E-state index contributed by atoms with van der Waals surface area (Å²) < 4.78 is 84.6. The highest BCUT2D eigenvalue weighted by molar-refractivity contribution is 6.01. The van der Waals surface area contributed by atoms with Gasteiger partial charge in [0.15, 0.2) is 5.58 Å². The predicted octanol–water partition coefficient (Wildman–Crippen LogP) is 6.14. The molecule has 4 rings (SSSR count). The zero-order valence-electron chi connectivity index (χ0n) is 13.2. The molecule has 1 aromatic heterocycles. The Labute approximate surface area is 146 Å². The van der Waals surface area contributed by atoms with Gasteiger partial charge in [0.25, 0.3) is 0 Å². The third-order valence-electron chi connectivity index (χ3n) is 4.31. The number of hydrogen-bond donors (Lipinski definition) is 0. The van der Waals surface area contributed by atoms with E-state index in [9.17, 15) is 31.1 Å². The van der Waals surface area contributed by atoms with Gasteiger partial charge in [-0.2, -0.15) is 26.3 Å². The van der Waals surface area contributed by atoms with Gasteiger partial charge in [-0.05, 0) is 41.1 Å². The highest BCUT2D eigenvalue weighted by atomic mass is 19.4. The van der Waals surface area contributed by atoms with Crippen LogP contribution in [0.3, 0.4) is 0 Å². The predicted molar refractivity (Wildman–Crippen MR) is 87.5 cm³/mol. The van der Waals surface area contributed by atoms with Crippen LogP contribution < -0.4 is 5.43 Å². The first-order valence-corrected chi connectivity index (χ1v) is 7.64. The van der Waals surface area contributed by atoms with E-state index in [0.717, 1.165) is 36.4 Å².